The van der Waals surface area contributed by atoms with Crippen molar-refractivity contribution >= 4 is 39.5 Å². The molecule has 10 heteroatoms. The van der Waals surface area contributed by atoms with Gasteiger partial charge in [-0.1, -0.05) is 47.5 Å². The lowest BCUT2D eigenvalue weighted by Gasteiger charge is -2.36. The van der Waals surface area contributed by atoms with Gasteiger partial charge in [-0.3, -0.25) is 24.2 Å². The van der Waals surface area contributed by atoms with Crippen molar-refractivity contribution in [2.24, 2.45) is 11.3 Å². The summed E-state index contributed by atoms with van der Waals surface area (Å²) in [6.45, 7) is 18.8. The van der Waals surface area contributed by atoms with Crippen LogP contribution in [0.25, 0.3) is 21.8 Å². The highest BCUT2D eigenvalue weighted by atomic mass is 16.2. The first-order valence-corrected chi connectivity index (χ1v) is 23.7. The number of fused-ring (bicyclic) bond motifs is 12. The Kier molecular flexibility index (Phi) is 11.6. The van der Waals surface area contributed by atoms with Crippen molar-refractivity contribution in [3.63, 3.8) is 0 Å². The van der Waals surface area contributed by atoms with Gasteiger partial charge in [-0.15, -0.1) is 0 Å². The van der Waals surface area contributed by atoms with Crippen LogP contribution in [0.3, 0.4) is 0 Å². The minimum Gasteiger partial charge on any atom is -0.354 e. The molecule has 0 spiro atoms. The van der Waals surface area contributed by atoms with Crippen LogP contribution >= 0.6 is 0 Å². The molecule has 4 aliphatic heterocycles. The Morgan fingerprint density at radius 2 is 1.33 bits per heavy atom. The first-order valence-electron chi connectivity index (χ1n) is 23.7. The fourth-order valence-corrected chi connectivity index (χ4v) is 11.8. The Labute approximate surface area is 374 Å². The maximum absolute atomic E-state index is 14.1. The SMILES string of the molecule is Cc1ccc2c(c1)c1c(n2CC(C)(C)C(=O)NCc2cccc(CN3C4CCC3c3c(n(CC(CC(=O)NC(C)C)C(=O)NC(C)C)c5ccc(C)cc35)C4)c2)CC2CCC1N2C. The largest absolute Gasteiger partial charge is 0.354 e. The Morgan fingerprint density at radius 3 is 2.03 bits per heavy atom. The van der Waals surface area contributed by atoms with Crippen LogP contribution in [0.1, 0.15) is 130 Å². The van der Waals surface area contributed by atoms with Gasteiger partial charge in [-0.2, -0.15) is 0 Å². The summed E-state index contributed by atoms with van der Waals surface area (Å²) in [6, 6.07) is 24.0. The van der Waals surface area contributed by atoms with Gasteiger partial charge in [0.2, 0.25) is 17.7 Å². The van der Waals surface area contributed by atoms with Crippen LogP contribution in [0.15, 0.2) is 60.7 Å². The molecule has 0 radical (unpaired) electrons. The number of nitrogens with zero attached hydrogens (tertiary/aromatic N) is 4. The maximum atomic E-state index is 14.1. The van der Waals surface area contributed by atoms with Crippen molar-refractivity contribution in [3.05, 3.63) is 105 Å². The highest BCUT2D eigenvalue weighted by Crippen LogP contribution is 2.50. The minimum atomic E-state index is -0.606. The number of aromatic nitrogens is 2. The third kappa shape index (κ3) is 8.22. The predicted octanol–water partition coefficient (Wildman–Crippen LogP) is 8.56. The quantitative estimate of drug-likeness (QED) is 0.104. The standard InChI is InChI=1S/C53H69N7O3/c1-31(2)55-48(61)24-37(51(62)56-32(3)4)29-59-42-17-13-33(5)21-40(42)50-45-20-16-39(26-46(50)59)58(45)28-36-12-10-11-35(23-36)27-54-52(63)53(7,8)30-60-43-18-14-34(6)22-41(43)49-44-19-15-38(57(44)9)25-47(49)60/h10-14,17-18,21-23,31-32,37-39,44-45H,15-16,19-20,24-30H2,1-9H3,(H,54,63)(H,55,61)(H,56,62). The number of hydrogen-bond acceptors (Lipinski definition) is 5. The van der Waals surface area contributed by atoms with Gasteiger partial charge in [-0.05, 0) is 135 Å². The lowest BCUT2D eigenvalue weighted by Crippen LogP contribution is -2.41. The molecule has 0 aliphatic carbocycles. The van der Waals surface area contributed by atoms with E-state index in [1.54, 1.807) is 0 Å². The third-order valence-corrected chi connectivity index (χ3v) is 14.8. The van der Waals surface area contributed by atoms with E-state index in [2.05, 4.69) is 130 Å². The van der Waals surface area contributed by atoms with Crippen LogP contribution < -0.4 is 16.0 Å². The number of nitrogens with one attached hydrogen (secondary N) is 3. The van der Waals surface area contributed by atoms with Gasteiger partial charge in [0.25, 0.3) is 0 Å². The lowest BCUT2D eigenvalue weighted by atomic mass is 9.91. The highest BCUT2D eigenvalue weighted by Gasteiger charge is 2.44. The van der Waals surface area contributed by atoms with E-state index in [-0.39, 0.29) is 42.3 Å². The zero-order chi connectivity index (χ0) is 44.5. The van der Waals surface area contributed by atoms with Gasteiger partial charge in [0, 0.05) is 115 Å². The first-order chi connectivity index (χ1) is 30.1. The zero-order valence-electron chi connectivity index (χ0n) is 39.1. The van der Waals surface area contributed by atoms with E-state index in [9.17, 15) is 14.4 Å². The van der Waals surface area contributed by atoms with Crippen molar-refractivity contribution in [1.29, 1.82) is 0 Å². The van der Waals surface area contributed by atoms with Gasteiger partial charge in [0.15, 0.2) is 0 Å². The molecule has 3 amide bonds. The normalized spacial score (nSPS) is 21.3. The van der Waals surface area contributed by atoms with Crippen LogP contribution in [0.4, 0.5) is 0 Å². The monoisotopic (exact) mass is 852 g/mol. The molecule has 334 valence electrons. The Bertz CT molecular complexity index is 2580. The van der Waals surface area contributed by atoms with Crippen LogP contribution in [-0.4, -0.2) is 67.9 Å². The number of carbonyl (C=O) groups is 3. The average molecular weight is 852 g/mol. The number of aryl methyl sites for hydroxylation is 2. The number of rotatable bonds is 14. The Balaban J connectivity index is 0.919. The summed E-state index contributed by atoms with van der Waals surface area (Å²) in [5.41, 5.74) is 12.3. The van der Waals surface area contributed by atoms with E-state index < -0.39 is 11.3 Å². The summed E-state index contributed by atoms with van der Waals surface area (Å²) in [4.78, 5) is 46.2. The molecule has 5 atom stereocenters. The molecule has 5 aromatic rings. The van der Waals surface area contributed by atoms with Crippen LogP contribution in [0.5, 0.6) is 0 Å². The van der Waals surface area contributed by atoms with Crippen LogP contribution in [0, 0.1) is 25.2 Å². The molecule has 0 saturated carbocycles. The Morgan fingerprint density at radius 1 is 0.730 bits per heavy atom. The lowest BCUT2D eigenvalue weighted by molar-refractivity contribution is -0.131. The molecular formula is C53H69N7O3. The summed E-state index contributed by atoms with van der Waals surface area (Å²) >= 11 is 0. The van der Waals surface area contributed by atoms with Crippen molar-refractivity contribution in [1.82, 2.24) is 34.9 Å². The molecule has 2 aromatic heterocycles. The van der Waals surface area contributed by atoms with E-state index in [1.807, 2.05) is 27.7 Å². The Hall–Kier alpha value is -4.93. The molecule has 3 N–H and O–H groups in total. The van der Waals surface area contributed by atoms with Crippen molar-refractivity contribution in [2.75, 3.05) is 7.05 Å². The predicted molar refractivity (Wildman–Crippen MR) is 252 cm³/mol. The number of likely N-dealkylation sites (N-methyl/N-ethyl adjacent to an activating group) is 1. The van der Waals surface area contributed by atoms with Gasteiger partial charge in [-0.25, -0.2) is 0 Å². The highest BCUT2D eigenvalue weighted by molar-refractivity contribution is 5.90. The third-order valence-electron chi connectivity index (χ3n) is 14.8. The van der Waals surface area contributed by atoms with Gasteiger partial charge >= 0.3 is 0 Å². The van der Waals surface area contributed by atoms with Gasteiger partial charge in [0.1, 0.15) is 0 Å². The first kappa shape index (κ1) is 43.3. The molecule has 10 nitrogen and oxygen atoms in total. The minimum absolute atomic E-state index is 0.0113. The molecule has 2 fully saturated rings. The second-order valence-electron chi connectivity index (χ2n) is 20.9. The molecule has 4 aliphatic rings. The second-order valence-corrected chi connectivity index (χ2v) is 20.9. The van der Waals surface area contributed by atoms with E-state index in [0.717, 1.165) is 43.3 Å². The molecule has 5 unspecified atom stereocenters. The van der Waals surface area contributed by atoms with Crippen molar-refractivity contribution < 1.29 is 14.4 Å². The number of benzene rings is 3. The molecule has 63 heavy (non-hydrogen) atoms. The van der Waals surface area contributed by atoms with Crippen LogP contribution in [0.2, 0.25) is 0 Å². The molecule has 4 bridgehead atoms. The average Bonchev–Trinajstić information content (AvgIpc) is 3.85. The summed E-state index contributed by atoms with van der Waals surface area (Å²) < 4.78 is 4.86. The van der Waals surface area contributed by atoms with E-state index in [0.29, 0.717) is 37.8 Å². The fraction of sp³-hybridized carbons (Fsp3) is 0.528. The topological polar surface area (TPSA) is 104 Å². The maximum Gasteiger partial charge on any atom is 0.227 e. The van der Waals surface area contributed by atoms with Gasteiger partial charge < -0.3 is 25.1 Å². The molecule has 6 heterocycles. The van der Waals surface area contributed by atoms with Gasteiger partial charge in [0.05, 0.1) is 11.3 Å². The smallest absolute Gasteiger partial charge is 0.227 e. The molecule has 2 saturated heterocycles. The summed E-state index contributed by atoms with van der Waals surface area (Å²) in [5, 5.41) is 12.1. The number of hydrogen-bond donors (Lipinski definition) is 3. The van der Waals surface area contributed by atoms with Crippen LogP contribution in [-0.2, 0) is 53.4 Å². The zero-order valence-corrected chi connectivity index (χ0v) is 39.1. The molecular weight excluding hydrogens is 783 g/mol. The van der Waals surface area contributed by atoms with E-state index in [4.69, 9.17) is 0 Å². The number of amides is 3. The molecule has 9 rings (SSSR count). The van der Waals surface area contributed by atoms with Crippen molar-refractivity contribution in [2.45, 2.75) is 163 Å². The fourth-order valence-electron chi connectivity index (χ4n) is 11.8. The van der Waals surface area contributed by atoms with E-state index >= 15 is 0 Å². The number of carbonyl (C=O) groups excluding carboxylic acids is 3. The summed E-state index contributed by atoms with van der Waals surface area (Å²) in [7, 11) is 2.29. The summed E-state index contributed by atoms with van der Waals surface area (Å²) in [5.74, 6) is -0.582. The van der Waals surface area contributed by atoms with E-state index in [1.165, 1.54) is 68.3 Å². The second kappa shape index (κ2) is 16.9. The van der Waals surface area contributed by atoms with Crippen molar-refractivity contribution in [3.8, 4) is 0 Å². The molecule has 3 aromatic carbocycles. The summed E-state index contributed by atoms with van der Waals surface area (Å²) in [6.07, 6.45) is 6.73.